The number of pyridine rings is 1. The molecule has 0 unspecified atom stereocenters. The molecule has 0 atom stereocenters. The Bertz CT molecular complexity index is 546. The standard InChI is InChI=1S/C15H16BrNS/c1-10-6-11(2)8-13(7-10)9-18-15-14(16)12(3)4-5-17-15/h4-8H,9H2,1-3H3. The molecule has 0 amide bonds. The zero-order valence-corrected chi connectivity index (χ0v) is 13.2. The van der Waals surface area contributed by atoms with Gasteiger partial charge in [-0.25, -0.2) is 4.98 Å². The van der Waals surface area contributed by atoms with Gasteiger partial charge in [0.25, 0.3) is 0 Å². The largest absolute Gasteiger partial charge is 0.249 e. The second-order valence-corrected chi connectivity index (χ2v) is 6.29. The highest BCUT2D eigenvalue weighted by Gasteiger charge is 2.05. The van der Waals surface area contributed by atoms with E-state index in [1.807, 2.05) is 12.3 Å². The van der Waals surface area contributed by atoms with E-state index in [4.69, 9.17) is 0 Å². The molecule has 0 saturated heterocycles. The molecule has 2 aromatic rings. The SMILES string of the molecule is Cc1cc(C)cc(CSc2nccc(C)c2Br)c1. The van der Waals surface area contributed by atoms with Crippen molar-refractivity contribution in [3.63, 3.8) is 0 Å². The maximum absolute atomic E-state index is 4.42. The maximum atomic E-state index is 4.42. The van der Waals surface area contributed by atoms with Crippen LogP contribution in [0.15, 0.2) is 40.0 Å². The smallest absolute Gasteiger partial charge is 0.111 e. The number of rotatable bonds is 3. The van der Waals surface area contributed by atoms with Gasteiger partial charge in [0.2, 0.25) is 0 Å². The number of hydrogen-bond acceptors (Lipinski definition) is 2. The molecule has 1 heterocycles. The number of benzene rings is 1. The Labute approximate surface area is 121 Å². The van der Waals surface area contributed by atoms with Crippen LogP contribution in [0.25, 0.3) is 0 Å². The molecular formula is C15H16BrNS. The molecule has 18 heavy (non-hydrogen) atoms. The average molecular weight is 322 g/mol. The Morgan fingerprint density at radius 2 is 1.78 bits per heavy atom. The van der Waals surface area contributed by atoms with Gasteiger partial charge in [-0.15, -0.1) is 11.8 Å². The van der Waals surface area contributed by atoms with Crippen molar-refractivity contribution >= 4 is 27.7 Å². The topological polar surface area (TPSA) is 12.9 Å². The third-order valence-corrected chi connectivity index (χ3v) is 5.03. The number of aromatic nitrogens is 1. The highest BCUT2D eigenvalue weighted by Crippen LogP contribution is 2.30. The van der Waals surface area contributed by atoms with Crippen molar-refractivity contribution in [2.75, 3.05) is 0 Å². The molecule has 1 aromatic heterocycles. The average Bonchev–Trinajstić information content (AvgIpc) is 2.30. The first-order valence-corrected chi connectivity index (χ1v) is 7.65. The fourth-order valence-electron chi connectivity index (χ4n) is 1.92. The van der Waals surface area contributed by atoms with E-state index in [2.05, 4.69) is 59.9 Å². The summed E-state index contributed by atoms with van der Waals surface area (Å²) < 4.78 is 1.11. The quantitative estimate of drug-likeness (QED) is 0.733. The van der Waals surface area contributed by atoms with Gasteiger partial charge in [-0.1, -0.05) is 29.3 Å². The molecule has 0 aliphatic rings. The summed E-state index contributed by atoms with van der Waals surface area (Å²) in [7, 11) is 0. The summed E-state index contributed by atoms with van der Waals surface area (Å²) in [5.74, 6) is 0.956. The van der Waals surface area contributed by atoms with Gasteiger partial charge >= 0.3 is 0 Å². The van der Waals surface area contributed by atoms with E-state index in [1.165, 1.54) is 22.3 Å². The molecule has 1 nitrogen and oxygen atoms in total. The van der Waals surface area contributed by atoms with Crippen molar-refractivity contribution in [3.05, 3.63) is 57.2 Å². The minimum absolute atomic E-state index is 0.956. The summed E-state index contributed by atoms with van der Waals surface area (Å²) >= 11 is 5.37. The van der Waals surface area contributed by atoms with Crippen LogP contribution < -0.4 is 0 Å². The van der Waals surface area contributed by atoms with Crippen LogP contribution in [0.5, 0.6) is 0 Å². The molecule has 0 N–H and O–H groups in total. The zero-order chi connectivity index (χ0) is 13.1. The van der Waals surface area contributed by atoms with Gasteiger partial charge in [-0.3, -0.25) is 0 Å². The molecule has 1 aromatic carbocycles. The van der Waals surface area contributed by atoms with Crippen LogP contribution in [0, 0.1) is 20.8 Å². The Morgan fingerprint density at radius 1 is 1.11 bits per heavy atom. The highest BCUT2D eigenvalue weighted by molar-refractivity contribution is 9.10. The lowest BCUT2D eigenvalue weighted by molar-refractivity contribution is 1.08. The first kappa shape index (κ1) is 13.6. The normalized spacial score (nSPS) is 10.7. The summed E-state index contributed by atoms with van der Waals surface area (Å²) in [6.45, 7) is 6.37. The molecule has 2 rings (SSSR count). The third kappa shape index (κ3) is 3.36. The summed E-state index contributed by atoms with van der Waals surface area (Å²) in [6.07, 6.45) is 1.86. The zero-order valence-electron chi connectivity index (χ0n) is 10.8. The van der Waals surface area contributed by atoms with Crippen LogP contribution in [0.2, 0.25) is 0 Å². The lowest BCUT2D eigenvalue weighted by atomic mass is 10.1. The van der Waals surface area contributed by atoms with Gasteiger partial charge in [0.05, 0.1) is 4.47 Å². The van der Waals surface area contributed by atoms with E-state index in [0.717, 1.165) is 15.3 Å². The van der Waals surface area contributed by atoms with Crippen LogP contribution in [-0.2, 0) is 5.75 Å². The lowest BCUT2D eigenvalue weighted by Crippen LogP contribution is -1.88. The number of thioether (sulfide) groups is 1. The van der Waals surface area contributed by atoms with Crippen molar-refractivity contribution in [1.29, 1.82) is 0 Å². The van der Waals surface area contributed by atoms with Crippen molar-refractivity contribution in [2.24, 2.45) is 0 Å². The van der Waals surface area contributed by atoms with Crippen molar-refractivity contribution in [2.45, 2.75) is 31.6 Å². The second kappa shape index (κ2) is 5.89. The number of halogens is 1. The first-order valence-electron chi connectivity index (χ1n) is 5.87. The van der Waals surface area contributed by atoms with Crippen LogP contribution in [0.4, 0.5) is 0 Å². The lowest BCUT2D eigenvalue weighted by Gasteiger charge is -2.07. The second-order valence-electron chi connectivity index (χ2n) is 4.53. The Hall–Kier alpha value is -0.800. The fraction of sp³-hybridized carbons (Fsp3) is 0.267. The molecular weight excluding hydrogens is 306 g/mol. The summed E-state index contributed by atoms with van der Waals surface area (Å²) in [4.78, 5) is 4.42. The Balaban J connectivity index is 2.14. The first-order chi connectivity index (χ1) is 8.56. The summed E-state index contributed by atoms with van der Waals surface area (Å²) in [6, 6.07) is 8.70. The molecule has 0 saturated carbocycles. The maximum Gasteiger partial charge on any atom is 0.111 e. The summed E-state index contributed by atoms with van der Waals surface area (Å²) in [5, 5.41) is 1.06. The number of aryl methyl sites for hydroxylation is 3. The van der Waals surface area contributed by atoms with Crippen molar-refractivity contribution in [1.82, 2.24) is 4.98 Å². The number of nitrogens with zero attached hydrogens (tertiary/aromatic N) is 1. The van der Waals surface area contributed by atoms with Crippen LogP contribution in [0.1, 0.15) is 22.3 Å². The Morgan fingerprint density at radius 3 is 2.44 bits per heavy atom. The molecule has 0 spiro atoms. The van der Waals surface area contributed by atoms with Gasteiger partial charge < -0.3 is 0 Å². The minimum Gasteiger partial charge on any atom is -0.249 e. The monoisotopic (exact) mass is 321 g/mol. The van der Waals surface area contributed by atoms with Gasteiger partial charge in [-0.2, -0.15) is 0 Å². The van der Waals surface area contributed by atoms with Crippen molar-refractivity contribution < 1.29 is 0 Å². The van der Waals surface area contributed by atoms with Crippen LogP contribution >= 0.6 is 27.7 Å². The molecule has 0 fully saturated rings. The van der Waals surface area contributed by atoms with E-state index in [0.29, 0.717) is 0 Å². The molecule has 0 radical (unpaired) electrons. The molecule has 3 heteroatoms. The van der Waals surface area contributed by atoms with E-state index >= 15 is 0 Å². The minimum atomic E-state index is 0.956. The molecule has 0 bridgehead atoms. The number of hydrogen-bond donors (Lipinski definition) is 0. The van der Waals surface area contributed by atoms with Crippen molar-refractivity contribution in [3.8, 4) is 0 Å². The molecule has 94 valence electrons. The van der Waals surface area contributed by atoms with E-state index in [1.54, 1.807) is 11.8 Å². The third-order valence-electron chi connectivity index (χ3n) is 2.71. The summed E-state index contributed by atoms with van der Waals surface area (Å²) in [5.41, 5.74) is 5.23. The predicted octanol–water partition coefficient (Wildman–Crippen LogP) is 5.06. The van der Waals surface area contributed by atoms with Crippen LogP contribution in [0.3, 0.4) is 0 Å². The fourth-order valence-corrected chi connectivity index (χ4v) is 3.39. The van der Waals surface area contributed by atoms with E-state index in [-0.39, 0.29) is 0 Å². The molecule has 0 aliphatic carbocycles. The van der Waals surface area contributed by atoms with Gasteiger partial charge in [0.1, 0.15) is 5.03 Å². The molecule has 0 aliphatic heterocycles. The van der Waals surface area contributed by atoms with Gasteiger partial charge in [0, 0.05) is 11.9 Å². The van der Waals surface area contributed by atoms with E-state index < -0.39 is 0 Å². The van der Waals surface area contributed by atoms with Gasteiger partial charge in [0.15, 0.2) is 0 Å². The Kier molecular flexibility index (Phi) is 4.46. The van der Waals surface area contributed by atoms with E-state index in [9.17, 15) is 0 Å². The van der Waals surface area contributed by atoms with Crippen LogP contribution in [-0.4, -0.2) is 4.98 Å². The highest BCUT2D eigenvalue weighted by atomic mass is 79.9. The van der Waals surface area contributed by atoms with Gasteiger partial charge in [-0.05, 0) is 53.9 Å². The predicted molar refractivity (Wildman–Crippen MR) is 82.2 cm³/mol.